The zero-order valence-electron chi connectivity index (χ0n) is 15.9. The Hall–Kier alpha value is -2.04. The summed E-state index contributed by atoms with van der Waals surface area (Å²) in [5, 5.41) is 9.36. The average molecular weight is 332 g/mol. The second kappa shape index (κ2) is 9.30. The van der Waals surface area contributed by atoms with Crippen LogP contribution in [0.25, 0.3) is 0 Å². The van der Waals surface area contributed by atoms with E-state index in [1.54, 1.807) is 14.1 Å². The van der Waals surface area contributed by atoms with Crippen LogP contribution in [0.3, 0.4) is 0 Å². The zero-order valence-corrected chi connectivity index (χ0v) is 15.9. The number of nitrogens with one attached hydrogen (secondary N) is 3. The fraction of sp³-hybridized carbons (Fsp3) is 0.579. The van der Waals surface area contributed by atoms with Crippen LogP contribution in [0.1, 0.15) is 56.5 Å². The molecule has 0 saturated heterocycles. The topological polar surface area (TPSA) is 65.5 Å². The maximum absolute atomic E-state index is 11.7. The molecule has 1 atom stereocenters. The predicted molar refractivity (Wildman–Crippen MR) is 101 cm³/mol. The quantitative estimate of drug-likeness (QED) is 0.554. The molecule has 0 bridgehead atoms. The largest absolute Gasteiger partial charge is 0.355 e. The third-order valence-electron chi connectivity index (χ3n) is 3.81. The van der Waals surface area contributed by atoms with Gasteiger partial charge in [-0.25, -0.2) is 0 Å². The molecule has 1 amide bonds. The zero-order chi connectivity index (χ0) is 18.2. The van der Waals surface area contributed by atoms with Gasteiger partial charge in [0, 0.05) is 32.2 Å². The van der Waals surface area contributed by atoms with Crippen molar-refractivity contribution in [1.82, 2.24) is 16.0 Å². The molecule has 0 heterocycles. The number of benzene rings is 1. The molecule has 1 unspecified atom stereocenters. The standard InChI is InChI=1S/C19H32N4O/c1-14(10-11-19(2,3)4)23-18(21-6)22-13-15-8-7-9-16(12-15)17(24)20-5/h7-9,12,14H,10-11,13H2,1-6H3,(H,20,24)(H2,21,22,23). The van der Waals surface area contributed by atoms with Gasteiger partial charge in [0.15, 0.2) is 5.96 Å². The highest BCUT2D eigenvalue weighted by Crippen LogP contribution is 2.21. The van der Waals surface area contributed by atoms with Gasteiger partial charge in [-0.15, -0.1) is 0 Å². The molecule has 5 nitrogen and oxygen atoms in total. The van der Waals surface area contributed by atoms with Gasteiger partial charge in [0.05, 0.1) is 0 Å². The molecule has 1 aromatic carbocycles. The minimum atomic E-state index is -0.0739. The molecule has 5 heteroatoms. The molecule has 0 aliphatic heterocycles. The highest BCUT2D eigenvalue weighted by molar-refractivity contribution is 5.94. The monoisotopic (exact) mass is 332 g/mol. The lowest BCUT2D eigenvalue weighted by Gasteiger charge is -2.23. The molecule has 0 aromatic heterocycles. The van der Waals surface area contributed by atoms with Crippen LogP contribution >= 0.6 is 0 Å². The summed E-state index contributed by atoms with van der Waals surface area (Å²) in [5.41, 5.74) is 2.05. The van der Waals surface area contributed by atoms with Crippen molar-refractivity contribution in [2.45, 2.75) is 53.1 Å². The molecule has 0 fully saturated rings. The molecule has 0 radical (unpaired) electrons. The maximum Gasteiger partial charge on any atom is 0.251 e. The summed E-state index contributed by atoms with van der Waals surface area (Å²) in [6.07, 6.45) is 2.25. The number of nitrogens with zero attached hydrogens (tertiary/aromatic N) is 1. The Kier molecular flexibility index (Phi) is 7.75. The number of aliphatic imine (C=N–C) groups is 1. The van der Waals surface area contributed by atoms with E-state index in [1.165, 1.54) is 0 Å². The average Bonchev–Trinajstić information content (AvgIpc) is 2.55. The molecule has 1 rings (SSSR count). The lowest BCUT2D eigenvalue weighted by molar-refractivity contribution is 0.0963. The first-order chi connectivity index (χ1) is 11.2. The van der Waals surface area contributed by atoms with Crippen LogP contribution in [0.15, 0.2) is 29.3 Å². The van der Waals surface area contributed by atoms with Gasteiger partial charge >= 0.3 is 0 Å². The molecule has 3 N–H and O–H groups in total. The minimum Gasteiger partial charge on any atom is -0.355 e. The second-order valence-electron chi connectivity index (χ2n) is 7.35. The van der Waals surface area contributed by atoms with Crippen LogP contribution in [0.4, 0.5) is 0 Å². The third-order valence-corrected chi connectivity index (χ3v) is 3.81. The van der Waals surface area contributed by atoms with E-state index < -0.39 is 0 Å². The number of carbonyl (C=O) groups is 1. The fourth-order valence-electron chi connectivity index (χ4n) is 2.30. The first-order valence-corrected chi connectivity index (χ1v) is 8.53. The van der Waals surface area contributed by atoms with Gasteiger partial charge in [0.2, 0.25) is 0 Å². The van der Waals surface area contributed by atoms with E-state index in [2.05, 4.69) is 48.6 Å². The second-order valence-corrected chi connectivity index (χ2v) is 7.35. The molecule has 0 aliphatic carbocycles. The fourth-order valence-corrected chi connectivity index (χ4v) is 2.30. The van der Waals surface area contributed by atoms with Crippen molar-refractivity contribution in [2.24, 2.45) is 10.4 Å². The van der Waals surface area contributed by atoms with E-state index >= 15 is 0 Å². The highest BCUT2D eigenvalue weighted by Gasteiger charge is 2.13. The lowest BCUT2D eigenvalue weighted by atomic mass is 9.89. The molecule has 0 aliphatic rings. The summed E-state index contributed by atoms with van der Waals surface area (Å²) in [6.45, 7) is 9.56. The van der Waals surface area contributed by atoms with E-state index in [0.29, 0.717) is 23.6 Å². The summed E-state index contributed by atoms with van der Waals surface area (Å²) in [7, 11) is 3.41. The van der Waals surface area contributed by atoms with Crippen LogP contribution in [-0.4, -0.2) is 32.0 Å². The molecule has 1 aromatic rings. The Balaban J connectivity index is 2.54. The van der Waals surface area contributed by atoms with Crippen molar-refractivity contribution in [2.75, 3.05) is 14.1 Å². The molecular weight excluding hydrogens is 300 g/mol. The van der Waals surface area contributed by atoms with Crippen LogP contribution < -0.4 is 16.0 Å². The highest BCUT2D eigenvalue weighted by atomic mass is 16.1. The Labute approximate surface area is 146 Å². The molecule has 0 saturated carbocycles. The van der Waals surface area contributed by atoms with E-state index in [4.69, 9.17) is 0 Å². The first-order valence-electron chi connectivity index (χ1n) is 8.53. The van der Waals surface area contributed by atoms with E-state index in [1.807, 2.05) is 24.3 Å². The van der Waals surface area contributed by atoms with Crippen LogP contribution in [0.5, 0.6) is 0 Å². The normalized spacial score (nSPS) is 13.3. The summed E-state index contributed by atoms with van der Waals surface area (Å²) < 4.78 is 0. The smallest absolute Gasteiger partial charge is 0.251 e. The Bertz CT molecular complexity index is 561. The summed E-state index contributed by atoms with van der Waals surface area (Å²) >= 11 is 0. The van der Waals surface area contributed by atoms with Crippen LogP contribution in [-0.2, 0) is 6.54 Å². The van der Waals surface area contributed by atoms with Crippen molar-refractivity contribution in [3.05, 3.63) is 35.4 Å². The van der Waals surface area contributed by atoms with Gasteiger partial charge < -0.3 is 16.0 Å². The summed E-state index contributed by atoms with van der Waals surface area (Å²) in [5.74, 6) is 0.705. The predicted octanol–water partition coefficient (Wildman–Crippen LogP) is 2.93. The van der Waals surface area contributed by atoms with Crippen molar-refractivity contribution < 1.29 is 4.79 Å². The minimum absolute atomic E-state index is 0.0739. The van der Waals surface area contributed by atoms with Crippen molar-refractivity contribution in [1.29, 1.82) is 0 Å². The first kappa shape index (κ1) is 20.0. The third kappa shape index (κ3) is 7.49. The molecule has 24 heavy (non-hydrogen) atoms. The molecule has 0 spiro atoms. The van der Waals surface area contributed by atoms with Gasteiger partial charge in [0.1, 0.15) is 0 Å². The number of hydrogen-bond acceptors (Lipinski definition) is 2. The van der Waals surface area contributed by atoms with Gasteiger partial charge in [-0.2, -0.15) is 0 Å². The van der Waals surface area contributed by atoms with Crippen molar-refractivity contribution >= 4 is 11.9 Å². The number of rotatable bonds is 6. The van der Waals surface area contributed by atoms with E-state index in [0.717, 1.165) is 24.4 Å². The van der Waals surface area contributed by atoms with Crippen molar-refractivity contribution in [3.63, 3.8) is 0 Å². The number of guanidine groups is 1. The molecule has 134 valence electrons. The van der Waals surface area contributed by atoms with E-state index in [-0.39, 0.29) is 5.91 Å². The van der Waals surface area contributed by atoms with Crippen LogP contribution in [0.2, 0.25) is 0 Å². The van der Waals surface area contributed by atoms with Crippen molar-refractivity contribution in [3.8, 4) is 0 Å². The Morgan fingerprint density at radius 1 is 1.29 bits per heavy atom. The van der Waals surface area contributed by atoms with Gasteiger partial charge in [0.25, 0.3) is 5.91 Å². The number of hydrogen-bond donors (Lipinski definition) is 3. The SMILES string of the molecule is CN=C(NCc1cccc(C(=O)NC)c1)NC(C)CCC(C)(C)C. The maximum atomic E-state index is 11.7. The van der Waals surface area contributed by atoms with Gasteiger partial charge in [-0.3, -0.25) is 9.79 Å². The lowest BCUT2D eigenvalue weighted by Crippen LogP contribution is -2.42. The van der Waals surface area contributed by atoms with E-state index in [9.17, 15) is 4.79 Å². The summed E-state index contributed by atoms with van der Waals surface area (Å²) in [4.78, 5) is 16.0. The summed E-state index contributed by atoms with van der Waals surface area (Å²) in [6, 6.07) is 7.94. The number of carbonyl (C=O) groups excluding carboxylic acids is 1. The Morgan fingerprint density at radius 2 is 2.00 bits per heavy atom. The van der Waals surface area contributed by atoms with Gasteiger partial charge in [-0.05, 0) is 42.9 Å². The Morgan fingerprint density at radius 3 is 2.58 bits per heavy atom. The number of amides is 1. The van der Waals surface area contributed by atoms with Crippen LogP contribution in [0, 0.1) is 5.41 Å². The van der Waals surface area contributed by atoms with Gasteiger partial charge in [-0.1, -0.05) is 32.9 Å². The molecular formula is C19H32N4O.